The molecule has 21 heavy (non-hydrogen) atoms. The van der Waals surface area contributed by atoms with E-state index in [0.717, 1.165) is 6.42 Å². The fourth-order valence-electron chi connectivity index (χ4n) is 1.70. The summed E-state index contributed by atoms with van der Waals surface area (Å²) < 4.78 is 21.7. The second kappa shape index (κ2) is 9.36. The molecule has 1 aromatic carbocycles. The van der Waals surface area contributed by atoms with Crippen molar-refractivity contribution < 1.29 is 18.5 Å². The summed E-state index contributed by atoms with van der Waals surface area (Å²) in [7, 11) is 2.11. The quantitative estimate of drug-likeness (QED) is 0.531. The molecule has 6 nitrogen and oxygen atoms in total. The van der Waals surface area contributed by atoms with Crippen LogP contribution in [0.2, 0.25) is 0 Å². The van der Waals surface area contributed by atoms with E-state index in [-0.39, 0.29) is 12.3 Å². The maximum atomic E-state index is 11.8. The predicted molar refractivity (Wildman–Crippen MR) is 85.0 cm³/mol. The van der Waals surface area contributed by atoms with E-state index in [1.165, 1.54) is 7.11 Å². The molecule has 0 aliphatic carbocycles. The molecule has 118 valence electrons. The van der Waals surface area contributed by atoms with Crippen molar-refractivity contribution in [1.82, 2.24) is 0 Å². The first-order valence-corrected chi connectivity index (χ1v) is 8.13. The standard InChI is InChI=1S/C14H22N2O4S/c1-19-7-3-8-21(18)9-6-14(17)16-12-5-4-11(15)10-13(12)20-2/h4-5,10H,3,6-9,15H2,1-2H3,(H,16,17). The van der Waals surface area contributed by atoms with E-state index < -0.39 is 10.8 Å². The number of carbonyl (C=O) groups is 1. The van der Waals surface area contributed by atoms with E-state index in [0.29, 0.717) is 35.2 Å². The third-order valence-electron chi connectivity index (χ3n) is 2.78. The highest BCUT2D eigenvalue weighted by atomic mass is 32.2. The predicted octanol–water partition coefficient (Wildman–Crippen LogP) is 1.39. The molecule has 3 N–H and O–H groups in total. The Morgan fingerprint density at radius 3 is 2.76 bits per heavy atom. The maximum absolute atomic E-state index is 11.8. The van der Waals surface area contributed by atoms with Gasteiger partial charge in [0.15, 0.2) is 0 Å². The first kappa shape index (κ1) is 17.5. The topological polar surface area (TPSA) is 90.7 Å². The number of nitrogen functional groups attached to an aromatic ring is 1. The van der Waals surface area contributed by atoms with Crippen molar-refractivity contribution >= 4 is 28.1 Å². The number of hydrogen-bond acceptors (Lipinski definition) is 5. The average Bonchev–Trinajstić information content (AvgIpc) is 2.47. The minimum atomic E-state index is -1.00. The molecule has 0 bridgehead atoms. The molecule has 0 heterocycles. The number of methoxy groups -OCH3 is 2. The first-order chi connectivity index (χ1) is 10.1. The summed E-state index contributed by atoms with van der Waals surface area (Å²) in [6.45, 7) is 0.584. The third kappa shape index (κ3) is 6.59. The molecule has 0 aromatic heterocycles. The van der Waals surface area contributed by atoms with Crippen LogP contribution in [0.3, 0.4) is 0 Å². The molecule has 0 spiro atoms. The van der Waals surface area contributed by atoms with Gasteiger partial charge in [0.1, 0.15) is 5.75 Å². The molecule has 0 saturated carbocycles. The lowest BCUT2D eigenvalue weighted by Gasteiger charge is -2.10. The lowest BCUT2D eigenvalue weighted by atomic mass is 10.2. The van der Waals surface area contributed by atoms with Gasteiger partial charge in [-0.2, -0.15) is 0 Å². The van der Waals surface area contributed by atoms with Crippen LogP contribution in [0.5, 0.6) is 5.75 Å². The van der Waals surface area contributed by atoms with Gasteiger partial charge >= 0.3 is 0 Å². The molecule has 7 heteroatoms. The van der Waals surface area contributed by atoms with Crippen LogP contribution in [0.15, 0.2) is 18.2 Å². The number of amides is 1. The maximum Gasteiger partial charge on any atom is 0.225 e. The largest absolute Gasteiger partial charge is 0.494 e. The Hall–Kier alpha value is -1.60. The number of ether oxygens (including phenoxy) is 2. The van der Waals surface area contributed by atoms with E-state index in [1.54, 1.807) is 25.3 Å². The zero-order valence-electron chi connectivity index (χ0n) is 12.4. The van der Waals surface area contributed by atoms with Crippen LogP contribution in [0.25, 0.3) is 0 Å². The third-order valence-corrected chi connectivity index (χ3v) is 4.18. The molecule has 1 atom stereocenters. The molecule has 1 rings (SSSR count). The lowest BCUT2D eigenvalue weighted by molar-refractivity contribution is -0.115. The minimum absolute atomic E-state index is 0.196. The molecular weight excluding hydrogens is 292 g/mol. The molecule has 0 fully saturated rings. The summed E-state index contributed by atoms with van der Waals surface area (Å²) in [6.07, 6.45) is 0.934. The molecule has 0 saturated heterocycles. The van der Waals surface area contributed by atoms with E-state index in [9.17, 15) is 9.00 Å². The summed E-state index contributed by atoms with van der Waals surface area (Å²) in [6, 6.07) is 5.00. The fourth-order valence-corrected chi connectivity index (χ4v) is 2.75. The van der Waals surface area contributed by atoms with Crippen molar-refractivity contribution in [2.24, 2.45) is 0 Å². The van der Waals surface area contributed by atoms with Gasteiger partial charge in [0.05, 0.1) is 12.8 Å². The summed E-state index contributed by atoms with van der Waals surface area (Å²) in [5.74, 6) is 1.20. The minimum Gasteiger partial charge on any atom is -0.494 e. The number of nitrogens with two attached hydrogens (primary N) is 1. The Morgan fingerprint density at radius 1 is 1.33 bits per heavy atom. The van der Waals surface area contributed by atoms with E-state index >= 15 is 0 Å². The summed E-state index contributed by atoms with van der Waals surface area (Å²) >= 11 is 0. The number of anilines is 2. The summed E-state index contributed by atoms with van der Waals surface area (Å²) in [5.41, 5.74) is 6.76. The SMILES string of the molecule is COCCCS(=O)CCC(=O)Nc1ccc(N)cc1OC. The van der Waals surface area contributed by atoms with Crippen LogP contribution in [0.1, 0.15) is 12.8 Å². The average molecular weight is 314 g/mol. The Bertz CT molecular complexity index is 494. The van der Waals surface area contributed by atoms with Crippen molar-refractivity contribution in [2.45, 2.75) is 12.8 Å². The Morgan fingerprint density at radius 2 is 2.10 bits per heavy atom. The monoisotopic (exact) mass is 314 g/mol. The normalized spacial score (nSPS) is 11.9. The highest BCUT2D eigenvalue weighted by Crippen LogP contribution is 2.26. The smallest absolute Gasteiger partial charge is 0.225 e. The highest BCUT2D eigenvalue weighted by molar-refractivity contribution is 7.84. The van der Waals surface area contributed by atoms with Crippen LogP contribution in [-0.4, -0.2) is 42.4 Å². The highest BCUT2D eigenvalue weighted by Gasteiger charge is 2.09. The van der Waals surface area contributed by atoms with Gasteiger partial charge in [-0.05, 0) is 18.6 Å². The van der Waals surface area contributed by atoms with Crippen LogP contribution in [-0.2, 0) is 20.3 Å². The van der Waals surface area contributed by atoms with Crippen molar-refractivity contribution in [3.8, 4) is 5.75 Å². The second-order valence-corrected chi connectivity index (χ2v) is 6.15. The number of rotatable bonds is 9. The summed E-state index contributed by atoms with van der Waals surface area (Å²) in [5, 5.41) is 2.73. The van der Waals surface area contributed by atoms with E-state index in [4.69, 9.17) is 15.2 Å². The number of hydrogen-bond donors (Lipinski definition) is 2. The molecule has 0 radical (unpaired) electrons. The number of nitrogens with one attached hydrogen (secondary N) is 1. The van der Waals surface area contributed by atoms with Gasteiger partial charge in [0.25, 0.3) is 0 Å². The Labute approximate surface area is 127 Å². The van der Waals surface area contributed by atoms with Gasteiger partial charge in [-0.25, -0.2) is 0 Å². The van der Waals surface area contributed by atoms with Crippen molar-refractivity contribution in [2.75, 3.05) is 43.4 Å². The van der Waals surface area contributed by atoms with Gasteiger partial charge in [-0.15, -0.1) is 0 Å². The Kier molecular flexibility index (Phi) is 7.78. The van der Waals surface area contributed by atoms with Crippen LogP contribution >= 0.6 is 0 Å². The Balaban J connectivity index is 2.42. The van der Waals surface area contributed by atoms with Gasteiger partial charge in [-0.1, -0.05) is 0 Å². The molecule has 0 aliphatic heterocycles. The zero-order valence-corrected chi connectivity index (χ0v) is 13.2. The van der Waals surface area contributed by atoms with Crippen molar-refractivity contribution in [1.29, 1.82) is 0 Å². The zero-order chi connectivity index (χ0) is 15.7. The van der Waals surface area contributed by atoms with Crippen LogP contribution in [0, 0.1) is 0 Å². The van der Waals surface area contributed by atoms with E-state index in [1.807, 2.05) is 0 Å². The van der Waals surface area contributed by atoms with Gasteiger partial charge in [-0.3, -0.25) is 9.00 Å². The molecular formula is C14H22N2O4S. The van der Waals surface area contributed by atoms with Crippen LogP contribution < -0.4 is 15.8 Å². The van der Waals surface area contributed by atoms with E-state index in [2.05, 4.69) is 5.32 Å². The molecule has 0 aliphatic rings. The van der Waals surface area contributed by atoms with Gasteiger partial charge in [0, 0.05) is 54.2 Å². The van der Waals surface area contributed by atoms with Gasteiger partial charge < -0.3 is 20.5 Å². The fraction of sp³-hybridized carbons (Fsp3) is 0.500. The number of benzene rings is 1. The number of carbonyl (C=O) groups excluding carboxylic acids is 1. The first-order valence-electron chi connectivity index (χ1n) is 6.64. The molecule has 1 amide bonds. The molecule has 1 unspecified atom stereocenters. The summed E-state index contributed by atoms with van der Waals surface area (Å²) in [4.78, 5) is 11.8. The lowest BCUT2D eigenvalue weighted by Crippen LogP contribution is -2.16. The van der Waals surface area contributed by atoms with Crippen molar-refractivity contribution in [3.63, 3.8) is 0 Å². The second-order valence-electron chi connectivity index (χ2n) is 4.45. The van der Waals surface area contributed by atoms with Crippen molar-refractivity contribution in [3.05, 3.63) is 18.2 Å². The van der Waals surface area contributed by atoms with Gasteiger partial charge in [0.2, 0.25) is 5.91 Å². The van der Waals surface area contributed by atoms with Crippen LogP contribution in [0.4, 0.5) is 11.4 Å². The molecule has 1 aromatic rings.